The summed E-state index contributed by atoms with van der Waals surface area (Å²) in [6.45, 7) is 0. The van der Waals surface area contributed by atoms with E-state index in [0.717, 1.165) is 0 Å². The minimum atomic E-state index is -1.17. The van der Waals surface area contributed by atoms with Gasteiger partial charge in [0.25, 0.3) is 0 Å². The van der Waals surface area contributed by atoms with E-state index in [0.29, 0.717) is 0 Å². The Morgan fingerprint density at radius 1 is 0.261 bits per heavy atom. The maximum Gasteiger partial charge on any atom is 0.0636 e. The van der Waals surface area contributed by atoms with E-state index < -0.39 is 269 Å². The van der Waals surface area contributed by atoms with Gasteiger partial charge >= 0.3 is 0 Å². The number of fused-ring (bicyclic) bond motifs is 4. The van der Waals surface area contributed by atoms with Crippen molar-refractivity contribution >= 4 is 43.1 Å². The van der Waals surface area contributed by atoms with Crippen LogP contribution in [0, 0.1) is 0 Å². The van der Waals surface area contributed by atoms with Crippen LogP contribution in [-0.2, 0) is 0 Å². The van der Waals surface area contributed by atoms with E-state index in [1.807, 2.05) is 0 Å². The zero-order valence-electron chi connectivity index (χ0n) is 53.0. The molecule has 0 fully saturated rings. The molecule has 9 rings (SSSR count). The standard InChI is InChI=1S/C46H30/c1-2-14-32(15-3-1)45-41-21-8-10-23-43(41)46(44-24-11-9-22-42(44)45)36-18-12-17-34(30-36)37-27-28-38(40-20-7-6-19-39(37)40)35-26-25-31-13-4-5-16-33(31)29-35/h1-30H/i1D,2D,3D,4D,5D,6D,7D,8D,9D,10D,11D,12D,13D,14D,15D,16D,17D,18D,19D,20D,21D,22D,23D,24D,25D,26D,27D,28D,29D,30D. The molecule has 0 bridgehead atoms. The van der Waals surface area contributed by atoms with Crippen molar-refractivity contribution < 1.29 is 41.1 Å². The summed E-state index contributed by atoms with van der Waals surface area (Å²) in [7, 11) is 0. The van der Waals surface area contributed by atoms with Gasteiger partial charge in [-0.05, 0) is 99.7 Å². The molecule has 9 aromatic carbocycles. The first-order valence-electron chi connectivity index (χ1n) is 28.5. The van der Waals surface area contributed by atoms with Crippen molar-refractivity contribution in [3.8, 4) is 44.5 Å². The summed E-state index contributed by atoms with van der Waals surface area (Å²) in [6, 6.07) is -30.0. The van der Waals surface area contributed by atoms with Crippen LogP contribution in [0.15, 0.2) is 181 Å². The van der Waals surface area contributed by atoms with Crippen LogP contribution in [0.3, 0.4) is 0 Å². The minimum Gasteiger partial charge on any atom is -0.0622 e. The Kier molecular flexibility index (Phi) is 2.37. The van der Waals surface area contributed by atoms with E-state index in [1.165, 1.54) is 0 Å². The fourth-order valence-electron chi connectivity index (χ4n) is 5.31. The lowest BCUT2D eigenvalue weighted by atomic mass is 9.85. The Morgan fingerprint density at radius 3 is 1.30 bits per heavy atom. The molecule has 0 spiro atoms. The molecular weight excluding hydrogens is 553 g/mol. The van der Waals surface area contributed by atoms with Crippen LogP contribution >= 0.6 is 0 Å². The first-order chi connectivity index (χ1) is 35.3. The van der Waals surface area contributed by atoms with Crippen molar-refractivity contribution in [1.82, 2.24) is 0 Å². The van der Waals surface area contributed by atoms with Gasteiger partial charge in [0.15, 0.2) is 0 Å². The van der Waals surface area contributed by atoms with Gasteiger partial charge < -0.3 is 0 Å². The molecule has 0 N–H and O–H groups in total. The highest BCUT2D eigenvalue weighted by molar-refractivity contribution is 6.21. The fraction of sp³-hybridized carbons (Fsp3) is 0. The zero-order valence-corrected chi connectivity index (χ0v) is 23.0. The van der Waals surface area contributed by atoms with E-state index in [4.69, 9.17) is 23.3 Å². The second kappa shape index (κ2) is 10.9. The summed E-state index contributed by atoms with van der Waals surface area (Å²) >= 11 is 0. The maximum atomic E-state index is 9.97. The Labute approximate surface area is 311 Å². The molecule has 214 valence electrons. The largest absolute Gasteiger partial charge is 0.0636 e. The molecular formula is C46H30. The summed E-state index contributed by atoms with van der Waals surface area (Å²) in [5, 5.41) is -5.92. The molecule has 0 aliphatic heterocycles. The maximum absolute atomic E-state index is 9.97. The van der Waals surface area contributed by atoms with Gasteiger partial charge in [-0.15, -0.1) is 0 Å². The number of hydrogen-bond acceptors (Lipinski definition) is 0. The average Bonchev–Trinajstić information content (AvgIpc) is 3.38. The smallest absolute Gasteiger partial charge is 0.0622 e. The molecule has 0 radical (unpaired) electrons. The molecule has 46 heavy (non-hydrogen) atoms. The van der Waals surface area contributed by atoms with E-state index in [2.05, 4.69) is 0 Å². The van der Waals surface area contributed by atoms with E-state index >= 15 is 0 Å². The molecule has 0 nitrogen and oxygen atoms in total. The van der Waals surface area contributed by atoms with Gasteiger partial charge in [-0.1, -0.05) is 169 Å². The fourth-order valence-corrected chi connectivity index (χ4v) is 5.31. The molecule has 0 heteroatoms. The van der Waals surface area contributed by atoms with Gasteiger partial charge in [-0.3, -0.25) is 0 Å². The monoisotopic (exact) mass is 612 g/mol. The molecule has 0 heterocycles. The zero-order chi connectivity index (χ0) is 56.6. The van der Waals surface area contributed by atoms with Crippen molar-refractivity contribution in [2.45, 2.75) is 0 Å². The molecule has 0 saturated carbocycles. The molecule has 9 aromatic rings. The molecule has 0 amide bonds. The van der Waals surface area contributed by atoms with Crippen molar-refractivity contribution in [3.05, 3.63) is 181 Å². The van der Waals surface area contributed by atoms with Crippen LogP contribution in [0.5, 0.6) is 0 Å². The van der Waals surface area contributed by atoms with Crippen molar-refractivity contribution in [1.29, 1.82) is 0 Å². The highest BCUT2D eigenvalue weighted by Gasteiger charge is 2.17. The predicted molar refractivity (Wildman–Crippen MR) is 198 cm³/mol. The molecule has 0 atom stereocenters. The Hall–Kier alpha value is -5.98. The second-order valence-electron chi connectivity index (χ2n) is 9.75. The number of rotatable bonds is 4. The molecule has 0 aliphatic carbocycles. The molecule has 0 saturated heterocycles. The lowest BCUT2D eigenvalue weighted by Crippen LogP contribution is -1.91. The first-order valence-corrected chi connectivity index (χ1v) is 13.5. The Bertz CT molecular complexity index is 4160. The van der Waals surface area contributed by atoms with Crippen molar-refractivity contribution in [3.63, 3.8) is 0 Å². The van der Waals surface area contributed by atoms with Crippen LogP contribution < -0.4 is 0 Å². The summed E-state index contributed by atoms with van der Waals surface area (Å²) in [6.07, 6.45) is 0. The van der Waals surface area contributed by atoms with Gasteiger partial charge in [0.1, 0.15) is 0 Å². The summed E-state index contributed by atoms with van der Waals surface area (Å²) in [5.74, 6) is 0. The summed E-state index contributed by atoms with van der Waals surface area (Å²) < 4.78 is 269. The number of benzene rings is 9. The van der Waals surface area contributed by atoms with Crippen LogP contribution in [-0.4, -0.2) is 0 Å². The van der Waals surface area contributed by atoms with Gasteiger partial charge in [-0.2, -0.15) is 0 Å². The Morgan fingerprint density at radius 2 is 0.696 bits per heavy atom. The van der Waals surface area contributed by atoms with Crippen LogP contribution in [0.1, 0.15) is 41.1 Å². The van der Waals surface area contributed by atoms with Crippen molar-refractivity contribution in [2.24, 2.45) is 0 Å². The quantitative estimate of drug-likeness (QED) is 0.173. The first kappa shape index (κ1) is 10.0. The van der Waals surface area contributed by atoms with Gasteiger partial charge in [0.05, 0.1) is 41.1 Å². The third-order valence-corrected chi connectivity index (χ3v) is 7.25. The van der Waals surface area contributed by atoms with Crippen LogP contribution in [0.4, 0.5) is 0 Å². The highest BCUT2D eigenvalue weighted by Crippen LogP contribution is 2.45. The lowest BCUT2D eigenvalue weighted by molar-refractivity contribution is 1.62. The van der Waals surface area contributed by atoms with Crippen LogP contribution in [0.25, 0.3) is 87.6 Å². The predicted octanol–water partition coefficient (Wildman–Crippen LogP) is 13.0. The molecule has 0 aromatic heterocycles. The topological polar surface area (TPSA) is 0 Å². The number of hydrogen-bond donors (Lipinski definition) is 0. The SMILES string of the molecule is [2H]c1c([2H])c([2H])c(-c2c3c([2H])c([2H])c([2H])c([2H])c3c(-c3c([2H])c([2H])c([2H])c(-c4c([2H])c([2H])c(-c5c([2H])c([2H])c6c([2H])c([2H])c([2H])c([2H])c6c5[2H])c5c([2H])c([2H])c([2H])c([2H])c45)c3[2H])c3c([2H])c([2H])c([2H])c([2H])c23)c([2H])c1[2H]. The highest BCUT2D eigenvalue weighted by atomic mass is 14.2. The van der Waals surface area contributed by atoms with E-state index in [-0.39, 0.29) is 0 Å². The lowest BCUT2D eigenvalue weighted by Gasteiger charge is -2.18. The third kappa shape index (κ3) is 4.30. The van der Waals surface area contributed by atoms with Crippen LogP contribution in [0.2, 0.25) is 0 Å². The third-order valence-electron chi connectivity index (χ3n) is 7.25. The van der Waals surface area contributed by atoms with E-state index in [9.17, 15) is 17.8 Å². The molecule has 0 unspecified atom stereocenters. The average molecular weight is 613 g/mol. The normalized spacial score (nSPS) is 20.6. The van der Waals surface area contributed by atoms with Gasteiger partial charge in [0.2, 0.25) is 0 Å². The van der Waals surface area contributed by atoms with Crippen molar-refractivity contribution in [2.75, 3.05) is 0 Å². The van der Waals surface area contributed by atoms with Gasteiger partial charge in [0, 0.05) is 0 Å². The molecule has 0 aliphatic rings. The Balaban J connectivity index is 1.57. The van der Waals surface area contributed by atoms with E-state index in [1.54, 1.807) is 0 Å². The second-order valence-corrected chi connectivity index (χ2v) is 9.75. The minimum absolute atomic E-state index is 0.579. The van der Waals surface area contributed by atoms with Gasteiger partial charge in [-0.25, -0.2) is 0 Å². The summed E-state index contributed by atoms with van der Waals surface area (Å²) in [4.78, 5) is 0. The summed E-state index contributed by atoms with van der Waals surface area (Å²) in [5.41, 5.74) is -6.78.